The number of nitrogens with zero attached hydrogens (tertiary/aromatic N) is 2. The van der Waals surface area contributed by atoms with Crippen LogP contribution in [0.3, 0.4) is 0 Å². The van der Waals surface area contributed by atoms with E-state index in [-0.39, 0.29) is 5.91 Å². The molecule has 1 saturated heterocycles. The molecule has 30 heavy (non-hydrogen) atoms. The van der Waals surface area contributed by atoms with Crippen molar-refractivity contribution < 1.29 is 4.79 Å². The maximum atomic E-state index is 12.6. The number of para-hydroxylation sites is 1. The second-order valence-corrected chi connectivity index (χ2v) is 8.22. The first-order valence-corrected chi connectivity index (χ1v) is 10.7. The molecule has 4 rings (SSSR count). The van der Waals surface area contributed by atoms with Crippen LogP contribution in [0.15, 0.2) is 72.8 Å². The van der Waals surface area contributed by atoms with Gasteiger partial charge in [0.2, 0.25) is 0 Å². The van der Waals surface area contributed by atoms with E-state index in [1.165, 1.54) is 0 Å². The molecule has 1 N–H and O–H groups in total. The van der Waals surface area contributed by atoms with Crippen LogP contribution in [0.25, 0.3) is 0 Å². The van der Waals surface area contributed by atoms with E-state index in [4.69, 9.17) is 23.2 Å². The fraction of sp³-hybridized carbons (Fsp3) is 0.208. The van der Waals surface area contributed by atoms with Gasteiger partial charge in [0.15, 0.2) is 0 Å². The van der Waals surface area contributed by atoms with Crippen LogP contribution in [-0.4, -0.2) is 37.0 Å². The molecular weight excluding hydrogens is 417 g/mol. The highest BCUT2D eigenvalue weighted by molar-refractivity contribution is 6.33. The van der Waals surface area contributed by atoms with Crippen molar-refractivity contribution in [2.75, 3.05) is 36.4 Å². The molecule has 1 heterocycles. The number of amides is 1. The summed E-state index contributed by atoms with van der Waals surface area (Å²) in [7, 11) is 0. The SMILES string of the molecule is O=C(Nc1cccc(Cl)c1)c1cccc(CN2CCN(c3ccccc3Cl)CC2)c1. The molecule has 3 aromatic rings. The molecule has 1 aliphatic heterocycles. The van der Waals surface area contributed by atoms with E-state index in [1.54, 1.807) is 12.1 Å². The second-order valence-electron chi connectivity index (χ2n) is 7.38. The third kappa shape index (κ3) is 5.14. The Morgan fingerprint density at radius 2 is 1.63 bits per heavy atom. The molecule has 0 unspecified atom stereocenters. The summed E-state index contributed by atoms with van der Waals surface area (Å²) in [5.74, 6) is -0.136. The van der Waals surface area contributed by atoms with Crippen molar-refractivity contribution in [1.82, 2.24) is 4.90 Å². The molecule has 0 saturated carbocycles. The Kier molecular flexibility index (Phi) is 6.58. The Bertz CT molecular complexity index is 1030. The topological polar surface area (TPSA) is 35.6 Å². The highest BCUT2D eigenvalue weighted by atomic mass is 35.5. The van der Waals surface area contributed by atoms with Crippen LogP contribution >= 0.6 is 23.2 Å². The Labute approximate surface area is 187 Å². The molecular formula is C24H23Cl2N3O. The van der Waals surface area contributed by atoms with Crippen LogP contribution < -0.4 is 10.2 Å². The van der Waals surface area contributed by atoms with Crippen molar-refractivity contribution >= 4 is 40.5 Å². The third-order valence-electron chi connectivity index (χ3n) is 5.24. The average Bonchev–Trinajstić information content (AvgIpc) is 2.75. The van der Waals surface area contributed by atoms with Gasteiger partial charge in [0.25, 0.3) is 5.91 Å². The highest BCUT2D eigenvalue weighted by Gasteiger charge is 2.19. The van der Waals surface area contributed by atoms with Crippen LogP contribution in [-0.2, 0) is 6.54 Å². The van der Waals surface area contributed by atoms with Crippen molar-refractivity contribution in [2.45, 2.75) is 6.54 Å². The minimum atomic E-state index is -0.136. The van der Waals surface area contributed by atoms with Crippen LogP contribution in [0.1, 0.15) is 15.9 Å². The van der Waals surface area contributed by atoms with Crippen molar-refractivity contribution in [3.05, 3.63) is 94.0 Å². The van der Waals surface area contributed by atoms with Gasteiger partial charge >= 0.3 is 0 Å². The Hall–Kier alpha value is -2.53. The lowest BCUT2D eigenvalue weighted by molar-refractivity contribution is 0.102. The zero-order valence-electron chi connectivity index (χ0n) is 16.5. The first-order valence-electron chi connectivity index (χ1n) is 9.96. The minimum Gasteiger partial charge on any atom is -0.368 e. The first-order chi connectivity index (χ1) is 14.6. The Morgan fingerprint density at radius 3 is 2.40 bits per heavy atom. The summed E-state index contributed by atoms with van der Waals surface area (Å²) in [5, 5.41) is 4.29. The smallest absolute Gasteiger partial charge is 0.255 e. The maximum absolute atomic E-state index is 12.6. The average molecular weight is 440 g/mol. The number of piperazine rings is 1. The van der Waals surface area contributed by atoms with Crippen LogP contribution in [0.5, 0.6) is 0 Å². The van der Waals surface area contributed by atoms with Gasteiger partial charge in [-0.05, 0) is 48.0 Å². The molecule has 0 spiro atoms. The monoisotopic (exact) mass is 439 g/mol. The quantitative estimate of drug-likeness (QED) is 0.564. The molecule has 154 valence electrons. The standard InChI is InChI=1S/C24H23Cl2N3O/c25-20-7-4-8-21(16-20)27-24(30)19-6-3-5-18(15-19)17-28-11-13-29(14-12-28)23-10-2-1-9-22(23)26/h1-10,15-16H,11-14,17H2,(H,27,30). The molecule has 0 aliphatic carbocycles. The number of carbonyl (C=O) groups is 1. The fourth-order valence-corrected chi connectivity index (χ4v) is 4.14. The number of benzene rings is 3. The lowest BCUT2D eigenvalue weighted by atomic mass is 10.1. The second kappa shape index (κ2) is 9.52. The summed E-state index contributed by atoms with van der Waals surface area (Å²) >= 11 is 12.3. The van der Waals surface area contributed by atoms with E-state index in [0.717, 1.165) is 49.0 Å². The molecule has 3 aromatic carbocycles. The summed E-state index contributed by atoms with van der Waals surface area (Å²) in [6.45, 7) is 4.57. The molecule has 0 bridgehead atoms. The van der Waals surface area contributed by atoms with Gasteiger partial charge in [-0.15, -0.1) is 0 Å². The summed E-state index contributed by atoms with van der Waals surface area (Å²) in [4.78, 5) is 17.3. The lowest BCUT2D eigenvalue weighted by Crippen LogP contribution is -2.46. The number of hydrogen-bond acceptors (Lipinski definition) is 3. The van der Waals surface area contributed by atoms with E-state index < -0.39 is 0 Å². The van der Waals surface area contributed by atoms with Gasteiger partial charge in [-0.3, -0.25) is 9.69 Å². The maximum Gasteiger partial charge on any atom is 0.255 e. The lowest BCUT2D eigenvalue weighted by Gasteiger charge is -2.36. The zero-order valence-corrected chi connectivity index (χ0v) is 18.0. The first kappa shape index (κ1) is 20.7. The largest absolute Gasteiger partial charge is 0.368 e. The molecule has 6 heteroatoms. The highest BCUT2D eigenvalue weighted by Crippen LogP contribution is 2.26. The van der Waals surface area contributed by atoms with Gasteiger partial charge in [0.05, 0.1) is 10.7 Å². The van der Waals surface area contributed by atoms with Crippen LogP contribution in [0, 0.1) is 0 Å². The molecule has 1 amide bonds. The molecule has 1 aliphatic rings. The van der Waals surface area contributed by atoms with E-state index in [2.05, 4.69) is 27.2 Å². The third-order valence-corrected chi connectivity index (χ3v) is 5.80. The van der Waals surface area contributed by atoms with Gasteiger partial charge in [-0.25, -0.2) is 0 Å². The normalized spacial score (nSPS) is 14.5. The van der Waals surface area contributed by atoms with E-state index >= 15 is 0 Å². The van der Waals surface area contributed by atoms with Crippen molar-refractivity contribution in [3.8, 4) is 0 Å². The number of hydrogen-bond donors (Lipinski definition) is 1. The molecule has 1 fully saturated rings. The predicted octanol–water partition coefficient (Wildman–Crippen LogP) is 5.57. The number of halogens is 2. The summed E-state index contributed by atoms with van der Waals surface area (Å²) < 4.78 is 0. The molecule has 0 atom stereocenters. The van der Waals surface area contributed by atoms with Gasteiger partial charge < -0.3 is 10.2 Å². The Morgan fingerprint density at radius 1 is 0.867 bits per heavy atom. The van der Waals surface area contributed by atoms with Gasteiger partial charge in [0.1, 0.15) is 0 Å². The van der Waals surface area contributed by atoms with Crippen LogP contribution in [0.2, 0.25) is 10.0 Å². The van der Waals surface area contributed by atoms with Crippen molar-refractivity contribution in [2.24, 2.45) is 0 Å². The van der Waals surface area contributed by atoms with Gasteiger partial charge in [-0.1, -0.05) is 53.5 Å². The van der Waals surface area contributed by atoms with Crippen LogP contribution in [0.4, 0.5) is 11.4 Å². The number of nitrogens with one attached hydrogen (secondary N) is 1. The fourth-order valence-electron chi connectivity index (χ4n) is 3.69. The molecule has 0 radical (unpaired) electrons. The summed E-state index contributed by atoms with van der Waals surface area (Å²) in [6.07, 6.45) is 0. The van der Waals surface area contributed by atoms with E-state index in [0.29, 0.717) is 16.3 Å². The number of rotatable bonds is 5. The molecule has 0 aromatic heterocycles. The number of anilines is 2. The Balaban J connectivity index is 1.36. The summed E-state index contributed by atoms with van der Waals surface area (Å²) in [6, 6.07) is 22.9. The van der Waals surface area contributed by atoms with E-state index in [9.17, 15) is 4.79 Å². The van der Waals surface area contributed by atoms with Crippen molar-refractivity contribution in [1.29, 1.82) is 0 Å². The van der Waals surface area contributed by atoms with E-state index in [1.807, 2.05) is 48.5 Å². The zero-order chi connectivity index (χ0) is 20.9. The van der Waals surface area contributed by atoms with Gasteiger partial charge in [-0.2, -0.15) is 0 Å². The van der Waals surface area contributed by atoms with Gasteiger partial charge in [0, 0.05) is 49.0 Å². The predicted molar refractivity (Wildman–Crippen MR) is 125 cm³/mol. The summed E-state index contributed by atoms with van der Waals surface area (Å²) in [5.41, 5.74) is 3.55. The molecule has 4 nitrogen and oxygen atoms in total. The minimum absolute atomic E-state index is 0.136. The van der Waals surface area contributed by atoms with Crippen molar-refractivity contribution in [3.63, 3.8) is 0 Å². The number of carbonyl (C=O) groups excluding carboxylic acids is 1.